The summed E-state index contributed by atoms with van der Waals surface area (Å²) in [4.78, 5) is 13.3. The van der Waals surface area contributed by atoms with Crippen molar-refractivity contribution in [1.82, 2.24) is 4.31 Å². The Balaban J connectivity index is 1.61. The van der Waals surface area contributed by atoms with Crippen LogP contribution in [0.5, 0.6) is 5.75 Å². The summed E-state index contributed by atoms with van der Waals surface area (Å²) in [5.74, 6) is 0.318. The fourth-order valence-electron chi connectivity index (χ4n) is 4.15. The Hall–Kier alpha value is -2.38. The normalized spacial score (nSPS) is 19.0. The third-order valence-corrected chi connectivity index (χ3v) is 8.03. The van der Waals surface area contributed by atoms with Gasteiger partial charge in [0.25, 0.3) is 0 Å². The second-order valence-corrected chi connectivity index (χ2v) is 10.0. The van der Waals surface area contributed by atoms with E-state index in [-0.39, 0.29) is 10.8 Å². The monoisotopic (exact) mass is 428 g/mol. The highest BCUT2D eigenvalue weighted by molar-refractivity contribution is 7.89. The Morgan fingerprint density at radius 1 is 1.00 bits per heavy atom. The van der Waals surface area contributed by atoms with Gasteiger partial charge in [0.2, 0.25) is 15.9 Å². The zero-order valence-corrected chi connectivity index (χ0v) is 18.1. The van der Waals surface area contributed by atoms with Crippen LogP contribution in [0, 0.1) is 0 Å². The molecule has 0 aromatic heterocycles. The minimum absolute atomic E-state index is 0.128. The maximum atomic E-state index is 13.2. The summed E-state index contributed by atoms with van der Waals surface area (Å²) < 4.78 is 33.3. The van der Waals surface area contributed by atoms with Crippen LogP contribution in [0.1, 0.15) is 44.1 Å². The van der Waals surface area contributed by atoms with Crippen LogP contribution in [0.15, 0.2) is 53.4 Å². The number of nitrogens with one attached hydrogen (secondary N) is 1. The number of carbonyl (C=O) groups excluding carboxylic acids is 1. The van der Waals surface area contributed by atoms with Crippen molar-refractivity contribution in [2.45, 2.75) is 48.8 Å². The van der Waals surface area contributed by atoms with Gasteiger partial charge in [0.1, 0.15) is 5.75 Å². The Kier molecular flexibility index (Phi) is 5.84. The topological polar surface area (TPSA) is 75.7 Å². The van der Waals surface area contributed by atoms with E-state index in [2.05, 4.69) is 5.32 Å². The third-order valence-electron chi connectivity index (χ3n) is 6.13. The van der Waals surface area contributed by atoms with Crippen molar-refractivity contribution in [1.29, 1.82) is 0 Å². The number of hydrogen-bond acceptors (Lipinski definition) is 4. The molecular formula is C23H28N2O4S. The number of rotatable bonds is 6. The van der Waals surface area contributed by atoms with Crippen LogP contribution in [0.25, 0.3) is 0 Å². The van der Waals surface area contributed by atoms with Crippen molar-refractivity contribution in [2.75, 3.05) is 25.5 Å². The Labute approximate surface area is 178 Å². The number of carbonyl (C=O) groups is 1. The van der Waals surface area contributed by atoms with Crippen molar-refractivity contribution in [2.24, 2.45) is 0 Å². The van der Waals surface area contributed by atoms with Crippen molar-refractivity contribution in [3.63, 3.8) is 0 Å². The number of ether oxygens (including phenoxy) is 1. The molecule has 2 fully saturated rings. The van der Waals surface area contributed by atoms with E-state index in [9.17, 15) is 13.2 Å². The maximum Gasteiger partial charge on any atom is 0.243 e. The van der Waals surface area contributed by atoms with Gasteiger partial charge in [-0.1, -0.05) is 43.2 Å². The predicted molar refractivity (Wildman–Crippen MR) is 116 cm³/mol. The second-order valence-electron chi connectivity index (χ2n) is 8.08. The first kappa shape index (κ1) is 20.9. The molecule has 7 heteroatoms. The van der Waals surface area contributed by atoms with Gasteiger partial charge in [-0.25, -0.2) is 8.42 Å². The molecule has 1 N–H and O–H groups in total. The van der Waals surface area contributed by atoms with Crippen LogP contribution in [-0.2, 0) is 20.2 Å². The summed E-state index contributed by atoms with van der Waals surface area (Å²) in [5.41, 5.74) is 0.821. The molecule has 0 bridgehead atoms. The van der Waals surface area contributed by atoms with Crippen LogP contribution >= 0.6 is 0 Å². The van der Waals surface area contributed by atoms with Gasteiger partial charge < -0.3 is 10.1 Å². The summed E-state index contributed by atoms with van der Waals surface area (Å²) in [5, 5.41) is 2.94. The molecule has 2 aromatic rings. The van der Waals surface area contributed by atoms with E-state index in [1.165, 1.54) is 13.2 Å². The quantitative estimate of drug-likeness (QED) is 0.756. The first-order chi connectivity index (χ1) is 14.5. The first-order valence-electron chi connectivity index (χ1n) is 10.5. The highest BCUT2D eigenvalue weighted by atomic mass is 32.2. The molecule has 1 aliphatic heterocycles. The lowest BCUT2D eigenvalue weighted by atomic mass is 9.95. The molecule has 2 aromatic carbocycles. The first-order valence-corrected chi connectivity index (χ1v) is 12.0. The van der Waals surface area contributed by atoms with Crippen molar-refractivity contribution in [3.05, 3.63) is 54.1 Å². The highest BCUT2D eigenvalue weighted by Gasteiger charge is 2.51. The van der Waals surface area contributed by atoms with Gasteiger partial charge in [-0.05, 0) is 49.4 Å². The molecule has 1 aliphatic carbocycles. The third kappa shape index (κ3) is 3.96. The van der Waals surface area contributed by atoms with Crippen LogP contribution in [0.3, 0.4) is 0 Å². The minimum atomic E-state index is -3.61. The number of sulfonamides is 1. The van der Waals surface area contributed by atoms with E-state index in [0.29, 0.717) is 24.5 Å². The number of hydrogen-bond donors (Lipinski definition) is 1. The minimum Gasteiger partial charge on any atom is -0.495 e. The van der Waals surface area contributed by atoms with Gasteiger partial charge >= 0.3 is 0 Å². The predicted octanol–water partition coefficient (Wildman–Crippen LogP) is 3.93. The van der Waals surface area contributed by atoms with E-state index < -0.39 is 15.4 Å². The van der Waals surface area contributed by atoms with Crippen LogP contribution in [0.2, 0.25) is 0 Å². The summed E-state index contributed by atoms with van der Waals surface area (Å²) in [6, 6.07) is 14.4. The average molecular weight is 429 g/mol. The van der Waals surface area contributed by atoms with Crippen LogP contribution in [-0.4, -0.2) is 38.8 Å². The van der Waals surface area contributed by atoms with Crippen molar-refractivity contribution >= 4 is 21.6 Å². The molecule has 0 spiro atoms. The number of methoxy groups -OCH3 is 1. The van der Waals surface area contributed by atoms with E-state index in [0.717, 1.165) is 44.1 Å². The lowest BCUT2D eigenvalue weighted by molar-refractivity contribution is -0.118. The summed E-state index contributed by atoms with van der Waals surface area (Å²) in [7, 11) is -2.10. The summed E-state index contributed by atoms with van der Waals surface area (Å²) in [6.07, 6.45) is 5.40. The van der Waals surface area contributed by atoms with Gasteiger partial charge in [0.15, 0.2) is 0 Å². The van der Waals surface area contributed by atoms with Gasteiger partial charge in [-0.15, -0.1) is 0 Å². The highest BCUT2D eigenvalue weighted by Crippen LogP contribution is 2.49. The van der Waals surface area contributed by atoms with Gasteiger partial charge in [0, 0.05) is 13.1 Å². The fourth-order valence-corrected chi connectivity index (χ4v) is 5.69. The van der Waals surface area contributed by atoms with Crippen molar-refractivity contribution in [3.8, 4) is 5.75 Å². The Bertz CT molecular complexity index is 1010. The van der Waals surface area contributed by atoms with E-state index in [1.807, 2.05) is 30.3 Å². The smallest absolute Gasteiger partial charge is 0.243 e. The summed E-state index contributed by atoms with van der Waals surface area (Å²) in [6.45, 7) is 1.07. The lowest BCUT2D eigenvalue weighted by Gasteiger charge is -2.21. The molecule has 1 saturated heterocycles. The molecule has 2 aliphatic rings. The maximum absolute atomic E-state index is 13.2. The second kappa shape index (κ2) is 8.40. The molecule has 1 amide bonds. The molecule has 160 valence electrons. The van der Waals surface area contributed by atoms with Crippen molar-refractivity contribution < 1.29 is 17.9 Å². The van der Waals surface area contributed by atoms with Gasteiger partial charge in [-0.3, -0.25) is 4.79 Å². The van der Waals surface area contributed by atoms with E-state index in [1.54, 1.807) is 16.4 Å². The zero-order valence-electron chi connectivity index (χ0n) is 17.3. The van der Waals surface area contributed by atoms with E-state index >= 15 is 0 Å². The van der Waals surface area contributed by atoms with Gasteiger partial charge in [0.05, 0.1) is 23.1 Å². The summed E-state index contributed by atoms with van der Waals surface area (Å²) >= 11 is 0. The molecule has 4 rings (SSSR count). The van der Waals surface area contributed by atoms with Crippen LogP contribution in [0.4, 0.5) is 5.69 Å². The largest absolute Gasteiger partial charge is 0.495 e. The molecular weight excluding hydrogens is 400 g/mol. The Morgan fingerprint density at radius 3 is 2.27 bits per heavy atom. The molecule has 1 saturated carbocycles. The Morgan fingerprint density at radius 2 is 1.67 bits per heavy atom. The number of nitrogens with zero attached hydrogens (tertiary/aromatic N) is 1. The zero-order chi connectivity index (χ0) is 21.2. The molecule has 0 atom stereocenters. The SMILES string of the molecule is COc1ccc(S(=O)(=O)N2CCCCCC2)cc1NC(=O)C1(c2ccccc2)CC1. The number of amides is 1. The molecule has 0 unspecified atom stereocenters. The van der Waals surface area contributed by atoms with Crippen LogP contribution < -0.4 is 10.1 Å². The molecule has 0 radical (unpaired) electrons. The number of benzene rings is 2. The molecule has 6 nitrogen and oxygen atoms in total. The average Bonchev–Trinajstić information content (AvgIpc) is 3.59. The standard InChI is InChI=1S/C23H28N2O4S/c1-29-21-12-11-19(30(27,28)25-15-7-2-3-8-16-25)17-20(21)24-22(26)23(13-14-23)18-9-5-4-6-10-18/h4-6,9-12,17H,2-3,7-8,13-16H2,1H3,(H,24,26). The number of anilines is 1. The molecule has 1 heterocycles. The molecule has 30 heavy (non-hydrogen) atoms. The van der Waals surface area contributed by atoms with E-state index in [4.69, 9.17) is 4.74 Å². The lowest BCUT2D eigenvalue weighted by Crippen LogP contribution is -2.32. The fraction of sp³-hybridized carbons (Fsp3) is 0.435. The van der Waals surface area contributed by atoms with Gasteiger partial charge in [-0.2, -0.15) is 4.31 Å².